The third kappa shape index (κ3) is 6.90. The number of hydrogen-bond donors (Lipinski definition) is 1. The highest BCUT2D eigenvalue weighted by Gasteiger charge is 2.18. The average Bonchev–Trinajstić information content (AvgIpc) is 2.65. The molecule has 0 aliphatic rings. The SMILES string of the molecule is CC[C@H](C)C[C@H](C)/C=C/c1c(-c2ccc(F)cc2)nc(NS(C)(=O)=O)nc1C(C)C. The summed E-state index contributed by atoms with van der Waals surface area (Å²) < 4.78 is 39.4. The van der Waals surface area contributed by atoms with E-state index in [1.807, 2.05) is 19.9 Å². The molecule has 164 valence electrons. The highest BCUT2D eigenvalue weighted by atomic mass is 32.2. The first-order valence-corrected chi connectivity index (χ1v) is 12.2. The van der Waals surface area contributed by atoms with Gasteiger partial charge in [0.05, 0.1) is 17.6 Å². The minimum Gasteiger partial charge on any atom is -0.251 e. The van der Waals surface area contributed by atoms with Crippen LogP contribution in [0.5, 0.6) is 0 Å². The Morgan fingerprint density at radius 1 is 1.10 bits per heavy atom. The van der Waals surface area contributed by atoms with Gasteiger partial charge < -0.3 is 0 Å². The molecule has 1 heterocycles. The van der Waals surface area contributed by atoms with Gasteiger partial charge in [0.2, 0.25) is 16.0 Å². The molecular formula is C23H32FN3O2S. The Bertz CT molecular complexity index is 986. The zero-order chi connectivity index (χ0) is 22.5. The van der Waals surface area contributed by atoms with E-state index >= 15 is 0 Å². The number of halogens is 1. The van der Waals surface area contributed by atoms with Crippen LogP contribution in [0.25, 0.3) is 17.3 Å². The lowest BCUT2D eigenvalue weighted by molar-refractivity contribution is 0.455. The van der Waals surface area contributed by atoms with E-state index in [9.17, 15) is 12.8 Å². The molecule has 1 aromatic heterocycles. The summed E-state index contributed by atoms with van der Waals surface area (Å²) in [4.78, 5) is 8.97. The van der Waals surface area contributed by atoms with E-state index in [2.05, 4.69) is 41.5 Å². The van der Waals surface area contributed by atoms with Crippen LogP contribution in [0, 0.1) is 17.7 Å². The van der Waals surface area contributed by atoms with Crippen molar-refractivity contribution in [3.63, 3.8) is 0 Å². The third-order valence-corrected chi connectivity index (χ3v) is 5.53. The predicted octanol–water partition coefficient (Wildman–Crippen LogP) is 5.86. The summed E-state index contributed by atoms with van der Waals surface area (Å²) >= 11 is 0. The van der Waals surface area contributed by atoms with Gasteiger partial charge in [-0.25, -0.2) is 22.8 Å². The number of allylic oxidation sites excluding steroid dienone is 1. The summed E-state index contributed by atoms with van der Waals surface area (Å²) in [6.45, 7) is 10.6. The number of sulfonamides is 1. The van der Waals surface area contributed by atoms with E-state index in [-0.39, 0.29) is 17.7 Å². The van der Waals surface area contributed by atoms with Gasteiger partial charge in [0.1, 0.15) is 5.82 Å². The molecule has 7 heteroatoms. The summed E-state index contributed by atoms with van der Waals surface area (Å²) in [5.41, 5.74) is 2.84. The second kappa shape index (κ2) is 10.2. The number of aromatic nitrogens is 2. The van der Waals surface area contributed by atoms with E-state index in [1.54, 1.807) is 12.1 Å². The molecule has 1 N–H and O–H groups in total. The van der Waals surface area contributed by atoms with Crippen molar-refractivity contribution in [2.75, 3.05) is 11.0 Å². The molecule has 0 radical (unpaired) electrons. The molecule has 0 aliphatic heterocycles. The number of nitrogens with one attached hydrogen (secondary N) is 1. The smallest absolute Gasteiger partial charge is 0.237 e. The third-order valence-electron chi connectivity index (χ3n) is 4.98. The molecule has 2 aromatic rings. The number of hydrogen-bond acceptors (Lipinski definition) is 4. The first-order valence-electron chi connectivity index (χ1n) is 10.3. The van der Waals surface area contributed by atoms with Crippen LogP contribution in [-0.4, -0.2) is 24.6 Å². The van der Waals surface area contributed by atoms with Gasteiger partial charge in [0.15, 0.2) is 0 Å². The molecule has 0 unspecified atom stereocenters. The van der Waals surface area contributed by atoms with Crippen molar-refractivity contribution >= 4 is 22.0 Å². The van der Waals surface area contributed by atoms with Crippen LogP contribution in [0.15, 0.2) is 30.3 Å². The molecule has 2 atom stereocenters. The van der Waals surface area contributed by atoms with Crippen LogP contribution < -0.4 is 4.72 Å². The lowest BCUT2D eigenvalue weighted by atomic mass is 9.93. The van der Waals surface area contributed by atoms with Crippen molar-refractivity contribution in [3.05, 3.63) is 47.4 Å². The molecule has 0 amide bonds. The van der Waals surface area contributed by atoms with Crippen LogP contribution in [0.4, 0.5) is 10.3 Å². The summed E-state index contributed by atoms with van der Waals surface area (Å²) in [6.07, 6.45) is 7.43. The Balaban J connectivity index is 2.62. The van der Waals surface area contributed by atoms with Crippen LogP contribution in [-0.2, 0) is 10.0 Å². The molecule has 0 aliphatic carbocycles. The van der Waals surface area contributed by atoms with E-state index in [1.165, 1.54) is 12.1 Å². The van der Waals surface area contributed by atoms with E-state index in [0.29, 0.717) is 23.1 Å². The van der Waals surface area contributed by atoms with Crippen LogP contribution in [0.3, 0.4) is 0 Å². The second-order valence-corrected chi connectivity index (χ2v) is 10.1. The minimum atomic E-state index is -3.53. The molecule has 0 bridgehead atoms. The largest absolute Gasteiger partial charge is 0.251 e. The maximum atomic E-state index is 13.5. The van der Waals surface area contributed by atoms with Gasteiger partial charge in [-0.1, -0.05) is 53.2 Å². The standard InChI is InChI=1S/C23H32FN3O2S/c1-7-16(4)14-17(5)8-13-20-21(15(2)3)25-23(27-30(6,28)29)26-22(20)18-9-11-19(24)12-10-18/h8-13,15-17H,7,14H2,1-6H3,(H,25,26,27)/b13-8+/t16-,17+/m0/s1. The Labute approximate surface area is 179 Å². The first kappa shape index (κ1) is 24.0. The maximum absolute atomic E-state index is 13.5. The number of nitrogens with zero attached hydrogens (tertiary/aromatic N) is 2. The quantitative estimate of drug-likeness (QED) is 0.537. The normalized spacial score (nSPS) is 14.3. The van der Waals surface area contributed by atoms with E-state index in [0.717, 1.165) is 30.4 Å². The number of benzene rings is 1. The van der Waals surface area contributed by atoms with Crippen LogP contribution >= 0.6 is 0 Å². The van der Waals surface area contributed by atoms with Crippen LogP contribution in [0.1, 0.15) is 64.6 Å². The fraction of sp³-hybridized carbons (Fsp3) is 0.478. The van der Waals surface area contributed by atoms with Gasteiger partial charge in [0, 0.05) is 11.1 Å². The van der Waals surface area contributed by atoms with Gasteiger partial charge in [-0.2, -0.15) is 0 Å². The van der Waals surface area contributed by atoms with Crippen molar-refractivity contribution in [1.82, 2.24) is 9.97 Å². The zero-order valence-electron chi connectivity index (χ0n) is 18.6. The molecule has 0 spiro atoms. The molecule has 0 fully saturated rings. The van der Waals surface area contributed by atoms with Crippen molar-refractivity contribution in [3.8, 4) is 11.3 Å². The Morgan fingerprint density at radius 2 is 1.73 bits per heavy atom. The van der Waals surface area contributed by atoms with Gasteiger partial charge in [-0.05, 0) is 48.4 Å². The van der Waals surface area contributed by atoms with Crippen molar-refractivity contribution in [1.29, 1.82) is 0 Å². The lowest BCUT2D eigenvalue weighted by Gasteiger charge is -2.17. The van der Waals surface area contributed by atoms with Crippen molar-refractivity contribution < 1.29 is 12.8 Å². The van der Waals surface area contributed by atoms with Gasteiger partial charge in [0.25, 0.3) is 0 Å². The summed E-state index contributed by atoms with van der Waals surface area (Å²) in [5, 5.41) is 0. The molecule has 5 nitrogen and oxygen atoms in total. The number of anilines is 1. The topological polar surface area (TPSA) is 72.0 Å². The van der Waals surface area contributed by atoms with Crippen LogP contribution in [0.2, 0.25) is 0 Å². The summed E-state index contributed by atoms with van der Waals surface area (Å²) in [7, 11) is -3.53. The van der Waals surface area contributed by atoms with Crippen molar-refractivity contribution in [2.45, 2.75) is 53.4 Å². The Morgan fingerprint density at radius 3 is 2.27 bits per heavy atom. The highest BCUT2D eigenvalue weighted by molar-refractivity contribution is 7.91. The summed E-state index contributed by atoms with van der Waals surface area (Å²) in [6, 6.07) is 6.03. The zero-order valence-corrected chi connectivity index (χ0v) is 19.4. The summed E-state index contributed by atoms with van der Waals surface area (Å²) in [5.74, 6) is 0.714. The fourth-order valence-electron chi connectivity index (χ4n) is 3.27. The molecular weight excluding hydrogens is 401 g/mol. The van der Waals surface area contributed by atoms with Gasteiger partial charge in [-0.3, -0.25) is 4.72 Å². The number of rotatable bonds is 9. The minimum absolute atomic E-state index is 0.0188. The second-order valence-electron chi connectivity index (χ2n) is 8.32. The predicted molar refractivity (Wildman–Crippen MR) is 122 cm³/mol. The average molecular weight is 434 g/mol. The fourth-order valence-corrected chi connectivity index (χ4v) is 3.69. The maximum Gasteiger partial charge on any atom is 0.237 e. The van der Waals surface area contributed by atoms with Crippen molar-refractivity contribution in [2.24, 2.45) is 11.8 Å². The molecule has 2 rings (SSSR count). The lowest BCUT2D eigenvalue weighted by Crippen LogP contribution is -2.15. The molecule has 1 aromatic carbocycles. The van der Waals surface area contributed by atoms with Gasteiger partial charge >= 0.3 is 0 Å². The van der Waals surface area contributed by atoms with Gasteiger partial charge in [-0.15, -0.1) is 0 Å². The van der Waals surface area contributed by atoms with E-state index in [4.69, 9.17) is 0 Å². The first-order chi connectivity index (χ1) is 14.0. The monoisotopic (exact) mass is 433 g/mol. The molecule has 0 saturated heterocycles. The Hall–Kier alpha value is -2.28. The Kier molecular flexibility index (Phi) is 8.12. The highest BCUT2D eigenvalue weighted by Crippen LogP contribution is 2.31. The molecule has 0 saturated carbocycles. The molecule has 30 heavy (non-hydrogen) atoms. The van der Waals surface area contributed by atoms with E-state index < -0.39 is 10.0 Å².